The van der Waals surface area contributed by atoms with E-state index >= 15 is 0 Å². The second-order valence-electron chi connectivity index (χ2n) is 6.28. The molecular formula is C20H20N4O6. The summed E-state index contributed by atoms with van der Waals surface area (Å²) in [7, 11) is 1.51. The number of nitro benzene ring substituents is 1. The van der Waals surface area contributed by atoms with Crippen molar-refractivity contribution in [3.63, 3.8) is 0 Å². The van der Waals surface area contributed by atoms with E-state index < -0.39 is 10.9 Å². The quantitative estimate of drug-likeness (QED) is 0.338. The van der Waals surface area contributed by atoms with E-state index in [0.717, 1.165) is 5.56 Å². The third kappa shape index (κ3) is 4.37. The molecule has 0 fully saturated rings. The Hall–Kier alpha value is -3.95. The van der Waals surface area contributed by atoms with Crippen LogP contribution < -0.4 is 9.47 Å². The van der Waals surface area contributed by atoms with E-state index in [0.29, 0.717) is 22.6 Å². The first-order valence-corrected chi connectivity index (χ1v) is 9.07. The van der Waals surface area contributed by atoms with Crippen LogP contribution >= 0.6 is 0 Å². The molecule has 0 saturated heterocycles. The average molecular weight is 412 g/mol. The number of rotatable bonds is 8. The Morgan fingerprint density at radius 3 is 2.63 bits per heavy atom. The third-order valence-electron chi connectivity index (χ3n) is 4.26. The van der Waals surface area contributed by atoms with Crippen molar-refractivity contribution in [3.05, 3.63) is 63.3 Å². The van der Waals surface area contributed by atoms with E-state index in [2.05, 4.69) is 15.4 Å². The van der Waals surface area contributed by atoms with Gasteiger partial charge in [-0.25, -0.2) is 4.79 Å². The maximum atomic E-state index is 12.1. The molecule has 0 amide bonds. The van der Waals surface area contributed by atoms with Gasteiger partial charge < -0.3 is 14.2 Å². The van der Waals surface area contributed by atoms with Crippen LogP contribution in [0.5, 0.6) is 11.5 Å². The third-order valence-corrected chi connectivity index (χ3v) is 4.26. The molecular weight excluding hydrogens is 392 g/mol. The van der Waals surface area contributed by atoms with E-state index in [1.165, 1.54) is 13.2 Å². The lowest BCUT2D eigenvalue weighted by Gasteiger charge is -2.12. The molecule has 10 heteroatoms. The number of benzene rings is 2. The lowest BCUT2D eigenvalue weighted by atomic mass is 10.1. The van der Waals surface area contributed by atoms with Gasteiger partial charge in [0, 0.05) is 17.2 Å². The molecule has 0 aliphatic heterocycles. The second kappa shape index (κ2) is 9.03. The molecule has 3 rings (SSSR count). The van der Waals surface area contributed by atoms with Gasteiger partial charge in [0.2, 0.25) is 0 Å². The van der Waals surface area contributed by atoms with Crippen molar-refractivity contribution in [2.24, 2.45) is 0 Å². The molecule has 10 nitrogen and oxygen atoms in total. The Balaban J connectivity index is 1.91. The number of nitro groups is 1. The van der Waals surface area contributed by atoms with Gasteiger partial charge in [-0.3, -0.25) is 10.1 Å². The first-order chi connectivity index (χ1) is 14.4. The van der Waals surface area contributed by atoms with Gasteiger partial charge in [-0.1, -0.05) is 6.07 Å². The molecule has 0 aliphatic rings. The summed E-state index contributed by atoms with van der Waals surface area (Å²) in [6.45, 7) is 3.68. The van der Waals surface area contributed by atoms with Gasteiger partial charge in [0.25, 0.3) is 0 Å². The number of ether oxygens (including phenoxy) is 3. The number of carbonyl (C=O) groups excluding carboxylic acids is 1. The lowest BCUT2D eigenvalue weighted by molar-refractivity contribution is -0.386. The normalized spacial score (nSPS) is 10.5. The lowest BCUT2D eigenvalue weighted by Crippen LogP contribution is -2.07. The Morgan fingerprint density at radius 1 is 1.17 bits per heavy atom. The van der Waals surface area contributed by atoms with Gasteiger partial charge in [-0.05, 0) is 43.7 Å². The Bertz CT molecular complexity index is 1080. The Morgan fingerprint density at radius 2 is 1.93 bits per heavy atom. The first kappa shape index (κ1) is 20.8. The van der Waals surface area contributed by atoms with E-state index in [9.17, 15) is 14.9 Å². The fourth-order valence-corrected chi connectivity index (χ4v) is 2.86. The zero-order chi connectivity index (χ0) is 21.7. The molecule has 0 unspecified atom stereocenters. The largest absolute Gasteiger partial charge is 0.496 e. The van der Waals surface area contributed by atoms with E-state index in [-0.39, 0.29) is 30.3 Å². The maximum absolute atomic E-state index is 12.1. The summed E-state index contributed by atoms with van der Waals surface area (Å²) < 4.78 is 16.1. The molecule has 0 atom stereocenters. The summed E-state index contributed by atoms with van der Waals surface area (Å²) in [5.74, 6) is 0.0755. The van der Waals surface area contributed by atoms with Crippen molar-refractivity contribution in [1.29, 1.82) is 0 Å². The number of carbonyl (C=O) groups is 1. The topological polar surface area (TPSA) is 129 Å². The molecule has 3 aromatic rings. The van der Waals surface area contributed by atoms with E-state index in [4.69, 9.17) is 14.2 Å². The predicted octanol–water partition coefficient (Wildman–Crippen LogP) is 3.45. The summed E-state index contributed by atoms with van der Waals surface area (Å²) in [5.41, 5.74) is 2.21. The molecule has 30 heavy (non-hydrogen) atoms. The SMILES string of the molecule is CCOC(=O)c1n[nH]nc1-c1ccc(OC)c(COc2ccc(C)cc2[N+](=O)[O-])c1. The minimum Gasteiger partial charge on any atom is -0.496 e. The highest BCUT2D eigenvalue weighted by atomic mass is 16.6. The van der Waals surface area contributed by atoms with Gasteiger partial charge in [0.05, 0.1) is 18.6 Å². The molecule has 1 N–H and O–H groups in total. The van der Waals surface area contributed by atoms with Gasteiger partial charge >= 0.3 is 11.7 Å². The van der Waals surface area contributed by atoms with E-state index in [1.54, 1.807) is 44.2 Å². The number of aromatic amines is 1. The summed E-state index contributed by atoms with van der Waals surface area (Å²) in [4.78, 5) is 22.9. The maximum Gasteiger partial charge on any atom is 0.361 e. The van der Waals surface area contributed by atoms with Crippen molar-refractivity contribution >= 4 is 11.7 Å². The zero-order valence-electron chi connectivity index (χ0n) is 16.7. The monoisotopic (exact) mass is 412 g/mol. The number of methoxy groups -OCH3 is 1. The number of aromatic nitrogens is 3. The van der Waals surface area contributed by atoms with Gasteiger partial charge in [-0.2, -0.15) is 10.3 Å². The van der Waals surface area contributed by atoms with E-state index in [1.807, 2.05) is 0 Å². The molecule has 0 radical (unpaired) electrons. The molecule has 0 bridgehead atoms. The number of hydrogen-bond acceptors (Lipinski definition) is 8. The molecule has 0 aliphatic carbocycles. The van der Waals surface area contributed by atoms with Crippen LogP contribution in [0.25, 0.3) is 11.3 Å². The van der Waals surface area contributed by atoms with Crippen molar-refractivity contribution in [2.45, 2.75) is 20.5 Å². The number of aryl methyl sites for hydroxylation is 1. The fourth-order valence-electron chi connectivity index (χ4n) is 2.86. The van der Waals surface area contributed by atoms with Crippen LogP contribution in [0.1, 0.15) is 28.5 Å². The summed E-state index contributed by atoms with van der Waals surface area (Å²) in [5, 5.41) is 21.7. The molecule has 1 aromatic heterocycles. The van der Waals surface area contributed by atoms with Crippen LogP contribution in [-0.2, 0) is 11.3 Å². The molecule has 1 heterocycles. The second-order valence-corrected chi connectivity index (χ2v) is 6.28. The molecule has 0 spiro atoms. The van der Waals surface area contributed by atoms with Crippen LogP contribution in [0, 0.1) is 17.0 Å². The minimum atomic E-state index is -0.592. The Labute approximate surface area is 171 Å². The standard InChI is InChI=1S/C20H20N4O6/c1-4-29-20(25)19-18(21-23-22-19)13-6-8-16(28-3)14(10-13)11-30-17-7-5-12(2)9-15(17)24(26)27/h5-10H,4,11H2,1-3H3,(H,21,22,23). The first-order valence-electron chi connectivity index (χ1n) is 9.07. The van der Waals surface area contributed by atoms with Crippen molar-refractivity contribution in [3.8, 4) is 22.8 Å². The molecule has 2 aromatic carbocycles. The fraction of sp³-hybridized carbons (Fsp3) is 0.250. The summed E-state index contributed by atoms with van der Waals surface area (Å²) >= 11 is 0. The van der Waals surface area contributed by atoms with Gasteiger partial charge in [-0.15, -0.1) is 5.10 Å². The molecule has 0 saturated carbocycles. The average Bonchev–Trinajstić information content (AvgIpc) is 3.22. The van der Waals surface area contributed by atoms with Crippen LogP contribution in [0.3, 0.4) is 0 Å². The molecule has 156 valence electrons. The van der Waals surface area contributed by atoms with Crippen molar-refractivity contribution in [2.75, 3.05) is 13.7 Å². The smallest absolute Gasteiger partial charge is 0.361 e. The highest BCUT2D eigenvalue weighted by Gasteiger charge is 2.21. The minimum absolute atomic E-state index is 0.00745. The number of nitrogens with one attached hydrogen (secondary N) is 1. The predicted molar refractivity (Wildman–Crippen MR) is 106 cm³/mol. The summed E-state index contributed by atoms with van der Waals surface area (Å²) in [6, 6.07) is 9.87. The van der Waals surface area contributed by atoms with Gasteiger partial charge in [0.15, 0.2) is 11.4 Å². The number of nitrogens with zero attached hydrogens (tertiary/aromatic N) is 3. The van der Waals surface area contributed by atoms with Crippen LogP contribution in [-0.4, -0.2) is 40.0 Å². The van der Waals surface area contributed by atoms with Crippen LogP contribution in [0.15, 0.2) is 36.4 Å². The van der Waals surface area contributed by atoms with Gasteiger partial charge in [0.1, 0.15) is 18.1 Å². The Kier molecular flexibility index (Phi) is 6.26. The highest BCUT2D eigenvalue weighted by molar-refractivity contribution is 5.94. The number of esters is 1. The number of hydrogen-bond donors (Lipinski definition) is 1. The zero-order valence-corrected chi connectivity index (χ0v) is 16.7. The van der Waals surface area contributed by atoms with Crippen LogP contribution in [0.4, 0.5) is 5.69 Å². The van der Waals surface area contributed by atoms with Crippen molar-refractivity contribution < 1.29 is 23.9 Å². The van der Waals surface area contributed by atoms with Crippen molar-refractivity contribution in [1.82, 2.24) is 15.4 Å². The highest BCUT2D eigenvalue weighted by Crippen LogP contribution is 2.31. The number of H-pyrrole nitrogens is 1. The van der Waals surface area contributed by atoms with Crippen LogP contribution in [0.2, 0.25) is 0 Å². The summed E-state index contributed by atoms with van der Waals surface area (Å²) in [6.07, 6.45) is 0.